The minimum absolute atomic E-state index is 0.688. The molecule has 0 aliphatic rings. The first-order valence-electron chi connectivity index (χ1n) is 5.48. The average molecular weight is 254 g/mol. The molecule has 0 fully saturated rings. The van der Waals surface area contributed by atoms with Gasteiger partial charge in [-0.3, -0.25) is 5.10 Å². The summed E-state index contributed by atoms with van der Waals surface area (Å²) in [6, 6.07) is 13.8. The van der Waals surface area contributed by atoms with Gasteiger partial charge in [-0.1, -0.05) is 42.5 Å². The number of benzene rings is 1. The molecular weight excluding hydrogens is 244 g/mol. The minimum atomic E-state index is 0.688. The number of aromatic amines is 1. The molecule has 2 heterocycles. The minimum Gasteiger partial charge on any atom is -0.291 e. The van der Waals surface area contributed by atoms with E-state index in [1.54, 1.807) is 16.9 Å². The highest BCUT2D eigenvalue weighted by molar-refractivity contribution is 7.71. The van der Waals surface area contributed by atoms with Crippen LogP contribution in [0.3, 0.4) is 0 Å². The lowest BCUT2D eigenvalue weighted by atomic mass is 10.2. The van der Waals surface area contributed by atoms with Crippen LogP contribution in [0.5, 0.6) is 0 Å². The third kappa shape index (κ3) is 1.96. The van der Waals surface area contributed by atoms with E-state index in [0.29, 0.717) is 4.64 Å². The van der Waals surface area contributed by atoms with Gasteiger partial charge in [0.1, 0.15) is 11.0 Å². The number of aromatic nitrogens is 4. The number of rotatable bonds is 2. The summed E-state index contributed by atoms with van der Waals surface area (Å²) in [4.78, 5) is 8.06. The molecule has 18 heavy (non-hydrogen) atoms. The molecule has 3 aromatic rings. The molecular formula is C13H10N4S. The Labute approximate surface area is 109 Å². The van der Waals surface area contributed by atoms with Crippen LogP contribution in [-0.2, 0) is 0 Å². The molecule has 0 atom stereocenters. The summed E-state index contributed by atoms with van der Waals surface area (Å²) >= 11 is 5.33. The van der Waals surface area contributed by atoms with Crippen LogP contribution in [0.25, 0.3) is 17.1 Å². The van der Waals surface area contributed by atoms with Gasteiger partial charge in [-0.25, -0.2) is 14.6 Å². The van der Waals surface area contributed by atoms with Crippen LogP contribution in [0.2, 0.25) is 0 Å². The number of hydrogen-bond donors (Lipinski definition) is 1. The Balaban J connectivity index is 2.10. The average Bonchev–Trinajstić information content (AvgIpc) is 2.83. The zero-order chi connectivity index (χ0) is 12.4. The van der Waals surface area contributed by atoms with Crippen LogP contribution in [0.4, 0.5) is 0 Å². The molecule has 0 spiro atoms. The number of H-pyrrole nitrogens is 1. The Morgan fingerprint density at radius 3 is 2.67 bits per heavy atom. The lowest BCUT2D eigenvalue weighted by molar-refractivity contribution is 0.832. The summed E-state index contributed by atoms with van der Waals surface area (Å²) in [6.45, 7) is 0. The molecule has 0 saturated heterocycles. The molecule has 2 aromatic heterocycles. The molecule has 0 radical (unpaired) electrons. The van der Waals surface area contributed by atoms with Gasteiger partial charge in [0, 0.05) is 18.3 Å². The highest BCUT2D eigenvalue weighted by Gasteiger charge is 2.04. The maximum absolute atomic E-state index is 5.33. The Bertz CT molecular complexity index is 701. The van der Waals surface area contributed by atoms with Gasteiger partial charge in [0.05, 0.1) is 5.69 Å². The van der Waals surface area contributed by atoms with E-state index in [9.17, 15) is 0 Å². The van der Waals surface area contributed by atoms with Crippen molar-refractivity contribution in [1.82, 2.24) is 19.7 Å². The van der Waals surface area contributed by atoms with Crippen molar-refractivity contribution in [2.45, 2.75) is 0 Å². The molecule has 0 saturated carbocycles. The quantitative estimate of drug-likeness (QED) is 0.715. The van der Waals surface area contributed by atoms with Crippen molar-refractivity contribution in [1.29, 1.82) is 0 Å². The van der Waals surface area contributed by atoms with E-state index >= 15 is 0 Å². The van der Waals surface area contributed by atoms with Gasteiger partial charge in [0.25, 0.3) is 0 Å². The number of nitrogens with zero attached hydrogens (tertiary/aromatic N) is 3. The van der Waals surface area contributed by atoms with Gasteiger partial charge in [-0.15, -0.1) is 0 Å². The summed E-state index contributed by atoms with van der Waals surface area (Å²) in [7, 11) is 0. The van der Waals surface area contributed by atoms with Crippen LogP contribution in [-0.4, -0.2) is 19.7 Å². The van der Waals surface area contributed by atoms with Gasteiger partial charge < -0.3 is 0 Å². The van der Waals surface area contributed by atoms with Crippen LogP contribution >= 0.6 is 12.2 Å². The second kappa shape index (κ2) is 4.54. The van der Waals surface area contributed by atoms with Gasteiger partial charge >= 0.3 is 0 Å². The first-order chi connectivity index (χ1) is 8.84. The maximum atomic E-state index is 5.33. The molecule has 0 aliphatic heterocycles. The SMILES string of the molecule is S=c1cc(-c2ccccc2)[nH]n1-c1ccncn1. The van der Waals surface area contributed by atoms with E-state index in [1.807, 2.05) is 36.4 Å². The number of hydrogen-bond acceptors (Lipinski definition) is 3. The molecule has 0 unspecified atom stereocenters. The molecule has 0 aliphatic carbocycles. The highest BCUT2D eigenvalue weighted by Crippen LogP contribution is 2.18. The molecule has 4 nitrogen and oxygen atoms in total. The summed E-state index contributed by atoms with van der Waals surface area (Å²) in [5.74, 6) is 0.734. The lowest BCUT2D eigenvalue weighted by Gasteiger charge is -2.01. The highest BCUT2D eigenvalue weighted by atomic mass is 32.1. The normalized spacial score (nSPS) is 10.4. The summed E-state index contributed by atoms with van der Waals surface area (Å²) < 4.78 is 2.45. The van der Waals surface area contributed by atoms with E-state index in [-0.39, 0.29) is 0 Å². The first kappa shape index (κ1) is 10.9. The van der Waals surface area contributed by atoms with Gasteiger partial charge in [0.15, 0.2) is 5.82 Å². The van der Waals surface area contributed by atoms with Gasteiger partial charge in [0.2, 0.25) is 0 Å². The summed E-state index contributed by atoms with van der Waals surface area (Å²) in [5, 5.41) is 3.24. The first-order valence-corrected chi connectivity index (χ1v) is 5.89. The van der Waals surface area contributed by atoms with Crippen LogP contribution in [0, 0.1) is 4.64 Å². The number of nitrogens with one attached hydrogen (secondary N) is 1. The predicted octanol–water partition coefficient (Wildman–Crippen LogP) is 2.99. The van der Waals surface area contributed by atoms with E-state index in [1.165, 1.54) is 6.33 Å². The van der Waals surface area contributed by atoms with Crippen LogP contribution in [0.1, 0.15) is 0 Å². The lowest BCUT2D eigenvalue weighted by Crippen LogP contribution is -1.99. The summed E-state index contributed by atoms with van der Waals surface area (Å²) in [6.07, 6.45) is 3.19. The second-order valence-corrected chi connectivity index (χ2v) is 4.20. The van der Waals surface area contributed by atoms with Gasteiger partial charge in [-0.05, 0) is 5.56 Å². The molecule has 88 valence electrons. The van der Waals surface area contributed by atoms with Crippen LogP contribution in [0.15, 0.2) is 55.0 Å². The molecule has 3 rings (SSSR count). The topological polar surface area (TPSA) is 46.5 Å². The van der Waals surface area contributed by atoms with Crippen molar-refractivity contribution in [3.8, 4) is 17.1 Å². The predicted molar refractivity (Wildman–Crippen MR) is 72.0 cm³/mol. The third-order valence-electron chi connectivity index (χ3n) is 2.60. The van der Waals surface area contributed by atoms with E-state index in [2.05, 4.69) is 15.1 Å². The van der Waals surface area contributed by atoms with Crippen molar-refractivity contribution >= 4 is 12.2 Å². The van der Waals surface area contributed by atoms with Gasteiger partial charge in [-0.2, -0.15) is 0 Å². The van der Waals surface area contributed by atoms with Crippen molar-refractivity contribution in [2.24, 2.45) is 0 Å². The van der Waals surface area contributed by atoms with E-state index < -0.39 is 0 Å². The monoisotopic (exact) mass is 254 g/mol. The fraction of sp³-hybridized carbons (Fsp3) is 0. The zero-order valence-electron chi connectivity index (χ0n) is 9.45. The van der Waals surface area contributed by atoms with Crippen LogP contribution < -0.4 is 0 Å². The van der Waals surface area contributed by atoms with E-state index in [4.69, 9.17) is 12.2 Å². The smallest absolute Gasteiger partial charge is 0.156 e. The molecule has 5 heteroatoms. The van der Waals surface area contributed by atoms with Crippen molar-refractivity contribution in [2.75, 3.05) is 0 Å². The summed E-state index contributed by atoms with van der Waals surface area (Å²) in [5.41, 5.74) is 2.07. The van der Waals surface area contributed by atoms with Crippen molar-refractivity contribution in [3.05, 3.63) is 59.6 Å². The molecule has 0 bridgehead atoms. The Kier molecular flexibility index (Phi) is 2.74. The third-order valence-corrected chi connectivity index (χ3v) is 2.90. The second-order valence-electron chi connectivity index (χ2n) is 3.78. The molecule has 1 N–H and O–H groups in total. The Hall–Kier alpha value is -2.27. The molecule has 0 amide bonds. The Morgan fingerprint density at radius 1 is 1.11 bits per heavy atom. The largest absolute Gasteiger partial charge is 0.291 e. The fourth-order valence-electron chi connectivity index (χ4n) is 1.75. The van der Waals surface area contributed by atoms with E-state index in [0.717, 1.165) is 17.1 Å². The molecule has 1 aromatic carbocycles. The fourth-order valence-corrected chi connectivity index (χ4v) is 2.00. The van der Waals surface area contributed by atoms with Crippen molar-refractivity contribution < 1.29 is 0 Å². The Morgan fingerprint density at radius 2 is 1.94 bits per heavy atom. The maximum Gasteiger partial charge on any atom is 0.156 e. The zero-order valence-corrected chi connectivity index (χ0v) is 10.3. The standard InChI is InChI=1S/C13H10N4S/c18-13-8-11(10-4-2-1-3-5-10)16-17(13)12-6-7-14-9-15-12/h1-9,16H. The van der Waals surface area contributed by atoms with Crippen molar-refractivity contribution in [3.63, 3.8) is 0 Å².